The minimum atomic E-state index is -2.90. The molecule has 0 spiro atoms. The molecule has 0 bridgehead atoms. The molecule has 0 saturated carbocycles. The third kappa shape index (κ3) is 3.74. The van der Waals surface area contributed by atoms with Crippen molar-refractivity contribution in [3.8, 4) is 5.75 Å². The summed E-state index contributed by atoms with van der Waals surface area (Å²) in [5, 5.41) is 3.90. The summed E-state index contributed by atoms with van der Waals surface area (Å²) >= 11 is 6.27. The number of carbonyl (C=O) groups is 1. The molecule has 1 amide bonds. The lowest BCUT2D eigenvalue weighted by atomic mass is 10.1. The van der Waals surface area contributed by atoms with Crippen molar-refractivity contribution in [3.05, 3.63) is 64.8 Å². The molecule has 130 valence electrons. The number of para-hydroxylation sites is 1. The first-order valence-corrected chi connectivity index (χ1v) is 7.95. The largest absolute Gasteiger partial charge is 0.435 e. The molecule has 7 heteroatoms. The monoisotopic (exact) mass is 364 g/mol. The molecule has 3 aromatic rings. The van der Waals surface area contributed by atoms with E-state index in [4.69, 9.17) is 11.6 Å². The molecule has 0 aliphatic rings. The summed E-state index contributed by atoms with van der Waals surface area (Å²) < 4.78 is 29.0. The fraction of sp³-hybridized carbons (Fsp3) is 0.167. The molecule has 2 aromatic carbocycles. The topological polar surface area (TPSA) is 54.1 Å². The van der Waals surface area contributed by atoms with E-state index in [9.17, 15) is 13.6 Å². The minimum Gasteiger partial charge on any atom is -0.435 e. The van der Waals surface area contributed by atoms with Crippen LogP contribution in [0.5, 0.6) is 5.75 Å². The predicted octanol–water partition coefficient (Wildman–Crippen LogP) is 4.91. The second kappa shape index (κ2) is 7.11. The van der Waals surface area contributed by atoms with E-state index in [-0.39, 0.29) is 17.4 Å². The summed E-state index contributed by atoms with van der Waals surface area (Å²) in [6.45, 7) is -1.15. The average molecular weight is 365 g/mol. The summed E-state index contributed by atoms with van der Waals surface area (Å²) in [6.07, 6.45) is 0. The van der Waals surface area contributed by atoms with E-state index in [0.29, 0.717) is 10.6 Å². The molecule has 1 atom stereocenters. The molecular formula is C18H15ClF2N2O2. The van der Waals surface area contributed by atoms with Gasteiger partial charge in [-0.1, -0.05) is 41.9 Å². The molecule has 4 nitrogen and oxygen atoms in total. The van der Waals surface area contributed by atoms with Gasteiger partial charge in [-0.15, -0.1) is 0 Å². The first kappa shape index (κ1) is 17.2. The first-order chi connectivity index (χ1) is 12.0. The third-order valence-corrected chi connectivity index (χ3v) is 4.19. The van der Waals surface area contributed by atoms with Crippen LogP contribution in [0.2, 0.25) is 5.02 Å². The number of amides is 1. The van der Waals surface area contributed by atoms with Gasteiger partial charge >= 0.3 is 6.61 Å². The second-order valence-corrected chi connectivity index (χ2v) is 5.88. The van der Waals surface area contributed by atoms with Gasteiger partial charge in [0.2, 0.25) is 0 Å². The van der Waals surface area contributed by atoms with E-state index in [1.54, 1.807) is 19.1 Å². The Hall–Kier alpha value is -2.60. The van der Waals surface area contributed by atoms with Gasteiger partial charge < -0.3 is 15.0 Å². The van der Waals surface area contributed by atoms with Crippen LogP contribution >= 0.6 is 11.6 Å². The Morgan fingerprint density at radius 2 is 1.96 bits per heavy atom. The highest BCUT2D eigenvalue weighted by molar-refractivity contribution is 6.38. The predicted molar refractivity (Wildman–Crippen MR) is 92.3 cm³/mol. The zero-order valence-electron chi connectivity index (χ0n) is 13.2. The molecule has 1 unspecified atom stereocenters. The van der Waals surface area contributed by atoms with Crippen LogP contribution in [0.15, 0.2) is 48.5 Å². The van der Waals surface area contributed by atoms with Crippen LogP contribution in [-0.4, -0.2) is 17.5 Å². The zero-order chi connectivity index (χ0) is 18.0. The van der Waals surface area contributed by atoms with Gasteiger partial charge in [-0.25, -0.2) is 0 Å². The van der Waals surface area contributed by atoms with Crippen LogP contribution in [0.3, 0.4) is 0 Å². The van der Waals surface area contributed by atoms with Gasteiger partial charge in [-0.2, -0.15) is 8.78 Å². The van der Waals surface area contributed by atoms with Crippen LogP contribution in [0, 0.1) is 0 Å². The Morgan fingerprint density at radius 3 is 2.68 bits per heavy atom. The second-order valence-electron chi connectivity index (χ2n) is 5.51. The molecule has 25 heavy (non-hydrogen) atoms. The smallest absolute Gasteiger partial charge is 0.387 e. The molecule has 1 heterocycles. The highest BCUT2D eigenvalue weighted by atomic mass is 35.5. The number of alkyl halides is 2. The molecule has 0 fully saturated rings. The van der Waals surface area contributed by atoms with Crippen molar-refractivity contribution in [1.29, 1.82) is 0 Å². The maximum absolute atomic E-state index is 12.5. The van der Waals surface area contributed by atoms with Gasteiger partial charge in [-0.05, 0) is 30.7 Å². The number of nitrogens with one attached hydrogen (secondary N) is 2. The number of aromatic amines is 1. The maximum Gasteiger partial charge on any atom is 0.387 e. The number of carbonyl (C=O) groups excluding carboxylic acids is 1. The van der Waals surface area contributed by atoms with Crippen molar-refractivity contribution >= 4 is 28.4 Å². The van der Waals surface area contributed by atoms with E-state index < -0.39 is 12.7 Å². The van der Waals surface area contributed by atoms with Gasteiger partial charge in [-0.3, -0.25) is 4.79 Å². The number of fused-ring (bicyclic) bond motifs is 1. The van der Waals surface area contributed by atoms with Gasteiger partial charge in [0.1, 0.15) is 11.4 Å². The van der Waals surface area contributed by atoms with Gasteiger partial charge in [0.05, 0.1) is 11.1 Å². The third-order valence-electron chi connectivity index (χ3n) is 3.80. The minimum absolute atomic E-state index is 0.0391. The molecule has 0 aliphatic carbocycles. The molecule has 0 radical (unpaired) electrons. The van der Waals surface area contributed by atoms with Crippen molar-refractivity contribution in [2.75, 3.05) is 0 Å². The number of H-pyrrole nitrogens is 1. The van der Waals surface area contributed by atoms with Crippen LogP contribution < -0.4 is 10.1 Å². The van der Waals surface area contributed by atoms with Crippen LogP contribution in [-0.2, 0) is 0 Å². The summed E-state index contributed by atoms with van der Waals surface area (Å²) in [4.78, 5) is 15.5. The number of hydrogen-bond acceptors (Lipinski definition) is 2. The molecular weight excluding hydrogens is 350 g/mol. The Kier molecular flexibility index (Phi) is 4.90. The van der Waals surface area contributed by atoms with Crippen LogP contribution in [0.4, 0.5) is 8.78 Å². The molecule has 1 aromatic heterocycles. The van der Waals surface area contributed by atoms with E-state index in [0.717, 1.165) is 10.9 Å². The lowest BCUT2D eigenvalue weighted by Crippen LogP contribution is -2.27. The quantitative estimate of drug-likeness (QED) is 0.675. The van der Waals surface area contributed by atoms with Gasteiger partial charge in [0, 0.05) is 10.9 Å². The number of aromatic nitrogens is 1. The maximum atomic E-state index is 12.5. The molecule has 2 N–H and O–H groups in total. The van der Waals surface area contributed by atoms with Crippen molar-refractivity contribution in [2.24, 2.45) is 0 Å². The number of rotatable bonds is 5. The Morgan fingerprint density at radius 1 is 1.20 bits per heavy atom. The van der Waals surface area contributed by atoms with Crippen molar-refractivity contribution in [3.63, 3.8) is 0 Å². The van der Waals surface area contributed by atoms with Gasteiger partial charge in [0.15, 0.2) is 0 Å². The molecule has 3 rings (SSSR count). The average Bonchev–Trinajstić information content (AvgIpc) is 2.92. The lowest BCUT2D eigenvalue weighted by molar-refractivity contribution is -0.0499. The standard InChI is InChI=1S/C18H15ClF2N2O2/c1-10(11-5-4-6-12(9-11)25-18(20)21)22-17(24)16-15(19)13-7-2-3-8-14(13)23-16/h2-10,18,23H,1H3,(H,22,24). The highest BCUT2D eigenvalue weighted by Gasteiger charge is 2.19. The Labute approximate surface area is 147 Å². The van der Waals surface area contributed by atoms with Crippen molar-refractivity contribution in [2.45, 2.75) is 19.6 Å². The van der Waals surface area contributed by atoms with Crippen molar-refractivity contribution in [1.82, 2.24) is 10.3 Å². The van der Waals surface area contributed by atoms with E-state index in [1.165, 1.54) is 12.1 Å². The SMILES string of the molecule is CC(NC(=O)c1[nH]c2ccccc2c1Cl)c1cccc(OC(F)F)c1. The zero-order valence-corrected chi connectivity index (χ0v) is 14.0. The fourth-order valence-electron chi connectivity index (χ4n) is 2.58. The number of hydrogen-bond donors (Lipinski definition) is 2. The first-order valence-electron chi connectivity index (χ1n) is 7.57. The van der Waals surface area contributed by atoms with E-state index >= 15 is 0 Å². The number of halogens is 3. The van der Waals surface area contributed by atoms with Crippen LogP contribution in [0.25, 0.3) is 10.9 Å². The summed E-state index contributed by atoms with van der Waals surface area (Å²) in [5.74, 6) is -0.342. The summed E-state index contributed by atoms with van der Waals surface area (Å²) in [6, 6.07) is 13.1. The van der Waals surface area contributed by atoms with E-state index in [2.05, 4.69) is 15.0 Å². The van der Waals surface area contributed by atoms with Crippen LogP contribution in [0.1, 0.15) is 29.0 Å². The van der Waals surface area contributed by atoms with E-state index in [1.807, 2.05) is 24.3 Å². The van der Waals surface area contributed by atoms with Gasteiger partial charge in [0.25, 0.3) is 5.91 Å². The fourth-order valence-corrected chi connectivity index (χ4v) is 2.87. The molecule has 0 aliphatic heterocycles. The normalized spacial score (nSPS) is 12.4. The number of benzene rings is 2. The summed E-state index contributed by atoms with van der Waals surface area (Å²) in [5.41, 5.74) is 1.66. The summed E-state index contributed by atoms with van der Waals surface area (Å²) in [7, 11) is 0. The lowest BCUT2D eigenvalue weighted by Gasteiger charge is -2.15. The number of ether oxygens (including phenoxy) is 1. The highest BCUT2D eigenvalue weighted by Crippen LogP contribution is 2.28. The Balaban J connectivity index is 1.79. The Bertz CT molecular complexity index is 911. The molecule has 0 saturated heterocycles. The van der Waals surface area contributed by atoms with Crippen molar-refractivity contribution < 1.29 is 18.3 Å².